The number of H-pyrrole nitrogens is 1. The Labute approximate surface area is 281 Å². The van der Waals surface area contributed by atoms with E-state index in [0.717, 1.165) is 52.6 Å². The number of aromatic nitrogens is 1. The van der Waals surface area contributed by atoms with Crippen LogP contribution in [0.25, 0.3) is 10.9 Å². The lowest BCUT2D eigenvalue weighted by molar-refractivity contribution is -0.145. The highest BCUT2D eigenvalue weighted by molar-refractivity contribution is 5.87. The zero-order valence-electron chi connectivity index (χ0n) is 27.2. The maximum absolute atomic E-state index is 13.7. The summed E-state index contributed by atoms with van der Waals surface area (Å²) in [5.41, 5.74) is 4.01. The highest BCUT2D eigenvalue weighted by Crippen LogP contribution is 2.21. The Morgan fingerprint density at radius 3 is 2.56 bits per heavy atom. The summed E-state index contributed by atoms with van der Waals surface area (Å²) in [5.74, 6) is -0.774. The molecule has 5 rings (SSSR count). The number of hydrogen-bond donors (Lipinski definition) is 4. The highest BCUT2D eigenvalue weighted by atomic mass is 16.5. The van der Waals surface area contributed by atoms with E-state index in [4.69, 9.17) is 9.47 Å². The fourth-order valence-electron chi connectivity index (χ4n) is 5.91. The molecule has 2 amide bonds. The molecule has 0 aliphatic carbocycles. The topological polar surface area (TPSA) is 130 Å². The van der Waals surface area contributed by atoms with E-state index < -0.39 is 18.0 Å². The van der Waals surface area contributed by atoms with Crippen LogP contribution in [0.15, 0.2) is 97.2 Å². The van der Waals surface area contributed by atoms with Gasteiger partial charge in [-0.2, -0.15) is 0 Å². The van der Waals surface area contributed by atoms with Crippen molar-refractivity contribution in [3.8, 4) is 5.75 Å². The monoisotopic (exact) mass is 651 g/mol. The van der Waals surface area contributed by atoms with Crippen LogP contribution in [0.3, 0.4) is 0 Å². The van der Waals surface area contributed by atoms with Gasteiger partial charge in [0.05, 0.1) is 24.6 Å². The molecule has 48 heavy (non-hydrogen) atoms. The molecule has 3 atom stereocenters. The molecule has 1 aliphatic rings. The van der Waals surface area contributed by atoms with E-state index in [1.54, 1.807) is 0 Å². The predicted octanol–water partition coefficient (Wildman–Crippen LogP) is 5.56. The molecule has 0 saturated carbocycles. The third kappa shape index (κ3) is 10.6. The molecule has 0 spiro atoms. The maximum Gasteiger partial charge on any atom is 0.305 e. The number of aliphatic hydroxyl groups excluding tert-OH is 1. The van der Waals surface area contributed by atoms with Gasteiger partial charge in [0.1, 0.15) is 19.0 Å². The van der Waals surface area contributed by atoms with Crippen molar-refractivity contribution in [1.82, 2.24) is 15.6 Å². The first-order valence-corrected chi connectivity index (χ1v) is 16.8. The summed E-state index contributed by atoms with van der Waals surface area (Å²) < 4.78 is 11.5. The first-order chi connectivity index (χ1) is 23.5. The van der Waals surface area contributed by atoms with Crippen LogP contribution in [-0.2, 0) is 38.6 Å². The summed E-state index contributed by atoms with van der Waals surface area (Å²) in [6.45, 7) is 0.267. The summed E-state index contributed by atoms with van der Waals surface area (Å²) in [5, 5.41) is 17.1. The Morgan fingerprint density at radius 2 is 1.75 bits per heavy atom. The normalized spacial score (nSPS) is 18.4. The number of esters is 1. The quantitative estimate of drug-likeness (QED) is 0.124. The van der Waals surface area contributed by atoms with Crippen LogP contribution in [0, 0.1) is 5.92 Å². The van der Waals surface area contributed by atoms with Crippen molar-refractivity contribution in [2.45, 2.75) is 70.1 Å². The zero-order chi connectivity index (χ0) is 33.6. The molecule has 3 aromatic carbocycles. The minimum absolute atomic E-state index is 0.0431. The minimum Gasteiger partial charge on any atom is -0.489 e. The smallest absolute Gasteiger partial charge is 0.305 e. The predicted molar refractivity (Wildman–Crippen MR) is 185 cm³/mol. The lowest BCUT2D eigenvalue weighted by atomic mass is 9.97. The number of hydrogen-bond acceptors (Lipinski definition) is 6. The standard InChI is InChI=1S/C39H45N3O6/c43-25-32(21-28-17-19-34(20-18-28)47-26-29-11-5-4-6-12-29)41-37(44)23-30-13-7-2-1-3-8-16-38(45)48-27-33(42-39(30)46)22-31-24-40-36-15-10-9-14-35(31)36/h2,4-7,9-12,14-15,17-20,24,30,32-33,40,43H,1,3,8,13,16,21-23,25-27H2,(H,41,44)(H,42,46). The van der Waals surface area contributed by atoms with Crippen molar-refractivity contribution in [3.63, 3.8) is 0 Å². The molecule has 0 saturated heterocycles. The number of benzene rings is 3. The van der Waals surface area contributed by atoms with Crippen LogP contribution in [0.1, 0.15) is 55.2 Å². The van der Waals surface area contributed by atoms with Gasteiger partial charge in [0.2, 0.25) is 11.8 Å². The summed E-state index contributed by atoms with van der Waals surface area (Å²) in [7, 11) is 0. The Bertz CT molecular complexity index is 1650. The van der Waals surface area contributed by atoms with Crippen molar-refractivity contribution in [1.29, 1.82) is 0 Å². The molecular formula is C39H45N3O6. The van der Waals surface area contributed by atoms with Crippen LogP contribution in [0.5, 0.6) is 5.75 Å². The average Bonchev–Trinajstić information content (AvgIpc) is 3.51. The van der Waals surface area contributed by atoms with Crippen molar-refractivity contribution in [3.05, 3.63) is 114 Å². The number of cyclic esters (lactones) is 1. The Kier molecular flexibility index (Phi) is 12.8. The minimum atomic E-state index is -0.634. The average molecular weight is 652 g/mol. The van der Waals surface area contributed by atoms with E-state index in [1.807, 2.05) is 97.2 Å². The van der Waals surface area contributed by atoms with Gasteiger partial charge in [-0.25, -0.2) is 0 Å². The second-order valence-corrected chi connectivity index (χ2v) is 12.4. The van der Waals surface area contributed by atoms with Crippen LogP contribution < -0.4 is 15.4 Å². The van der Waals surface area contributed by atoms with E-state index in [-0.39, 0.29) is 37.4 Å². The van der Waals surface area contributed by atoms with Gasteiger partial charge in [-0.1, -0.05) is 72.8 Å². The zero-order valence-corrected chi connectivity index (χ0v) is 27.2. The molecule has 9 heteroatoms. The molecule has 0 radical (unpaired) electrons. The number of aromatic amines is 1. The number of aliphatic hydroxyl groups is 1. The SMILES string of the molecule is O=C(CC1CC=CCCCCC(=O)OCC(Cc2c[nH]c3ccccc23)NC1=O)NC(CO)Cc1ccc(OCc2ccccc2)cc1. The van der Waals surface area contributed by atoms with Gasteiger partial charge in [0.15, 0.2) is 0 Å². The molecule has 4 N–H and O–H groups in total. The first-order valence-electron chi connectivity index (χ1n) is 16.8. The van der Waals surface area contributed by atoms with Gasteiger partial charge in [-0.3, -0.25) is 14.4 Å². The van der Waals surface area contributed by atoms with E-state index >= 15 is 0 Å². The van der Waals surface area contributed by atoms with Crippen molar-refractivity contribution < 1.29 is 29.0 Å². The molecule has 1 aromatic heterocycles. The number of rotatable bonds is 11. The lowest BCUT2D eigenvalue weighted by Crippen LogP contribution is -2.45. The van der Waals surface area contributed by atoms with Crippen LogP contribution in [-0.4, -0.2) is 53.2 Å². The number of nitrogens with one attached hydrogen (secondary N) is 3. The molecular weight excluding hydrogens is 606 g/mol. The first kappa shape index (κ1) is 34.4. The van der Waals surface area contributed by atoms with Gasteiger partial charge in [-0.15, -0.1) is 0 Å². The van der Waals surface area contributed by atoms with E-state index in [9.17, 15) is 19.5 Å². The van der Waals surface area contributed by atoms with Crippen LogP contribution in [0.4, 0.5) is 0 Å². The molecule has 4 aromatic rings. The van der Waals surface area contributed by atoms with E-state index in [2.05, 4.69) is 15.6 Å². The van der Waals surface area contributed by atoms with Crippen molar-refractivity contribution >= 4 is 28.7 Å². The summed E-state index contributed by atoms with van der Waals surface area (Å²) in [4.78, 5) is 42.7. The molecule has 0 bridgehead atoms. The number of para-hydroxylation sites is 1. The Balaban J connectivity index is 1.20. The number of allylic oxidation sites excluding steroid dienone is 2. The molecule has 2 heterocycles. The van der Waals surface area contributed by atoms with Gasteiger partial charge >= 0.3 is 5.97 Å². The van der Waals surface area contributed by atoms with Gasteiger partial charge in [0.25, 0.3) is 0 Å². The third-order valence-electron chi connectivity index (χ3n) is 8.56. The van der Waals surface area contributed by atoms with Crippen LogP contribution in [0.2, 0.25) is 0 Å². The number of amides is 2. The summed E-state index contributed by atoms with van der Waals surface area (Å²) in [6, 6.07) is 24.5. The molecule has 9 nitrogen and oxygen atoms in total. The third-order valence-corrected chi connectivity index (χ3v) is 8.56. The van der Waals surface area contributed by atoms with Crippen molar-refractivity contribution in [2.24, 2.45) is 5.92 Å². The van der Waals surface area contributed by atoms with E-state index in [1.165, 1.54) is 0 Å². The Morgan fingerprint density at radius 1 is 0.958 bits per heavy atom. The number of carbonyl (C=O) groups excluding carboxylic acids is 3. The second-order valence-electron chi connectivity index (χ2n) is 12.4. The van der Waals surface area contributed by atoms with Gasteiger partial charge in [0, 0.05) is 29.9 Å². The number of fused-ring (bicyclic) bond motifs is 1. The van der Waals surface area contributed by atoms with Gasteiger partial charge in [-0.05, 0) is 73.4 Å². The number of carbonyl (C=O) groups is 3. The second kappa shape index (κ2) is 17.9. The molecule has 0 fully saturated rings. The summed E-state index contributed by atoms with van der Waals surface area (Å²) in [6.07, 6.45) is 9.77. The van der Waals surface area contributed by atoms with Crippen molar-refractivity contribution in [2.75, 3.05) is 13.2 Å². The molecule has 252 valence electrons. The molecule has 3 unspecified atom stereocenters. The summed E-state index contributed by atoms with van der Waals surface area (Å²) >= 11 is 0. The fraction of sp³-hybridized carbons (Fsp3) is 0.359. The van der Waals surface area contributed by atoms with Gasteiger partial charge < -0.3 is 30.2 Å². The van der Waals surface area contributed by atoms with Crippen LogP contribution >= 0.6 is 0 Å². The Hall–Kier alpha value is -4.89. The lowest BCUT2D eigenvalue weighted by Gasteiger charge is -2.23. The van der Waals surface area contributed by atoms with E-state index in [0.29, 0.717) is 32.3 Å². The largest absolute Gasteiger partial charge is 0.489 e. The fourth-order valence-corrected chi connectivity index (χ4v) is 5.91. The number of ether oxygens (including phenoxy) is 2. The molecule has 1 aliphatic heterocycles. The maximum atomic E-state index is 13.7. The highest BCUT2D eigenvalue weighted by Gasteiger charge is 2.26.